The van der Waals surface area contributed by atoms with Crippen LogP contribution in [0.5, 0.6) is 0 Å². The van der Waals surface area contributed by atoms with Crippen molar-refractivity contribution < 1.29 is 18.0 Å². The van der Waals surface area contributed by atoms with Crippen LogP contribution in [0.3, 0.4) is 0 Å². The van der Waals surface area contributed by atoms with Gasteiger partial charge in [0.05, 0.1) is 5.69 Å². The zero-order chi connectivity index (χ0) is 22.9. The highest BCUT2D eigenvalue weighted by molar-refractivity contribution is 5.60. The van der Waals surface area contributed by atoms with Crippen molar-refractivity contribution in [2.75, 3.05) is 0 Å². The summed E-state index contributed by atoms with van der Waals surface area (Å²) in [5, 5.41) is 3.47. The Hall–Kier alpha value is -2.89. The van der Waals surface area contributed by atoms with Gasteiger partial charge in [-0.05, 0) is 18.6 Å². The molecule has 1 heterocycles. The molecule has 0 unspecified atom stereocenters. The molecule has 2 aromatic carbocycles. The molecular weight excluding hydrogens is 377 g/mol. The molecule has 0 fully saturated rings. The first-order chi connectivity index (χ1) is 13.9. The summed E-state index contributed by atoms with van der Waals surface area (Å²) < 4.78 is 38.7. The van der Waals surface area contributed by atoms with Gasteiger partial charge in [-0.15, -0.1) is 0 Å². The third-order valence-corrected chi connectivity index (χ3v) is 3.18. The molecule has 0 aliphatic rings. The summed E-state index contributed by atoms with van der Waals surface area (Å²) >= 11 is 0. The highest BCUT2D eigenvalue weighted by atomic mass is 19.4. The number of rotatable bonds is 1. The molecule has 0 spiro atoms. The Kier molecular flexibility index (Phi) is 15.7. The van der Waals surface area contributed by atoms with Crippen LogP contribution >= 0.6 is 0 Å². The second kappa shape index (κ2) is 16.1. The molecule has 0 radical (unpaired) electrons. The molecule has 29 heavy (non-hydrogen) atoms. The van der Waals surface area contributed by atoms with Gasteiger partial charge in [0, 0.05) is 7.05 Å². The van der Waals surface area contributed by atoms with E-state index in [4.69, 9.17) is 4.79 Å². The maximum Gasteiger partial charge on any atom is 0.435 e. The Morgan fingerprint density at radius 1 is 0.828 bits per heavy atom. The highest BCUT2D eigenvalue weighted by Crippen LogP contribution is 2.31. The number of benzene rings is 2. The average Bonchev–Trinajstić information content (AvgIpc) is 3.17. The number of nitrogens with zero attached hydrogens (tertiary/aromatic N) is 2. The van der Waals surface area contributed by atoms with Gasteiger partial charge in [0.2, 0.25) is 0 Å². The first-order valence-electron chi connectivity index (χ1n) is 9.35. The fourth-order valence-electron chi connectivity index (χ4n) is 1.99. The minimum Gasteiger partial charge on any atom is -0.307 e. The van der Waals surface area contributed by atoms with E-state index in [2.05, 4.69) is 5.10 Å². The van der Waals surface area contributed by atoms with E-state index in [0.717, 1.165) is 17.2 Å². The predicted octanol–water partition coefficient (Wildman–Crippen LogP) is 6.97. The van der Waals surface area contributed by atoms with E-state index in [1.54, 1.807) is 12.1 Å². The van der Waals surface area contributed by atoms with Crippen molar-refractivity contribution in [1.82, 2.24) is 9.78 Å². The monoisotopic (exact) mass is 408 g/mol. The fraction of sp³-hybridized carbons (Fsp3) is 0.304. The summed E-state index contributed by atoms with van der Waals surface area (Å²) in [5.74, 6) is 0. The summed E-state index contributed by atoms with van der Waals surface area (Å²) in [7, 11) is 1.50. The third-order valence-electron chi connectivity index (χ3n) is 3.18. The van der Waals surface area contributed by atoms with Gasteiger partial charge in [-0.3, -0.25) is 4.68 Å². The molecule has 0 saturated heterocycles. The maximum absolute atomic E-state index is 12.5. The van der Waals surface area contributed by atoms with E-state index in [1.165, 1.54) is 11.7 Å². The van der Waals surface area contributed by atoms with Gasteiger partial charge in [0.1, 0.15) is 6.79 Å². The van der Waals surface area contributed by atoms with Crippen molar-refractivity contribution in [3.8, 4) is 11.3 Å². The van der Waals surface area contributed by atoms with Gasteiger partial charge in [-0.1, -0.05) is 93.9 Å². The number of alkyl halides is 3. The Bertz CT molecular complexity index is 725. The number of aryl methyl sites for hydroxylation is 2. The Morgan fingerprint density at radius 2 is 1.21 bits per heavy atom. The summed E-state index contributed by atoms with van der Waals surface area (Å²) in [4.78, 5) is 8.00. The van der Waals surface area contributed by atoms with Gasteiger partial charge in [0.25, 0.3) is 0 Å². The van der Waals surface area contributed by atoms with Crippen LogP contribution in [0.15, 0.2) is 66.7 Å². The van der Waals surface area contributed by atoms with Crippen LogP contribution in [-0.2, 0) is 18.0 Å². The lowest BCUT2D eigenvalue weighted by molar-refractivity contribution is -0.141. The number of aromatic nitrogens is 2. The van der Waals surface area contributed by atoms with E-state index in [-0.39, 0.29) is 0 Å². The fourth-order valence-corrected chi connectivity index (χ4v) is 1.99. The second-order valence-electron chi connectivity index (χ2n) is 5.06. The van der Waals surface area contributed by atoms with Crippen LogP contribution in [0.1, 0.15) is 39.0 Å². The molecule has 1 aromatic heterocycles. The summed E-state index contributed by atoms with van der Waals surface area (Å²) in [6.45, 7) is 11.9. The summed E-state index contributed by atoms with van der Waals surface area (Å²) in [5.41, 5.74) is 1.38. The van der Waals surface area contributed by atoms with Crippen molar-refractivity contribution >= 4 is 6.79 Å². The van der Waals surface area contributed by atoms with Crippen LogP contribution < -0.4 is 0 Å². The zero-order valence-electron chi connectivity index (χ0n) is 18.0. The first-order valence-corrected chi connectivity index (χ1v) is 9.35. The quantitative estimate of drug-likeness (QED) is 0.436. The molecule has 0 amide bonds. The molecule has 0 aliphatic heterocycles. The number of carbonyl (C=O) groups excluding carboxylic acids is 1. The highest BCUT2D eigenvalue weighted by Gasteiger charge is 2.34. The Morgan fingerprint density at radius 3 is 1.52 bits per heavy atom. The third kappa shape index (κ3) is 10.9. The SMILES string of the molecule is C=O.CC.CC.Cc1ccc(-c2cc(C(F)(F)F)nn2C)cc1.c1ccccc1. The lowest BCUT2D eigenvalue weighted by Crippen LogP contribution is -2.06. The molecule has 0 bridgehead atoms. The lowest BCUT2D eigenvalue weighted by atomic mass is 10.1. The van der Waals surface area contributed by atoms with E-state index in [0.29, 0.717) is 5.69 Å². The molecular formula is C23H31F3N2O. The topological polar surface area (TPSA) is 34.9 Å². The van der Waals surface area contributed by atoms with Gasteiger partial charge < -0.3 is 4.79 Å². The number of carbonyl (C=O) groups is 1. The molecule has 3 nitrogen and oxygen atoms in total. The van der Waals surface area contributed by atoms with E-state index in [9.17, 15) is 13.2 Å². The predicted molar refractivity (Wildman–Crippen MR) is 115 cm³/mol. The molecule has 6 heteroatoms. The molecule has 0 aliphatic carbocycles. The van der Waals surface area contributed by atoms with Crippen LogP contribution in [0.2, 0.25) is 0 Å². The molecule has 3 rings (SSSR count). The molecule has 0 atom stereocenters. The van der Waals surface area contributed by atoms with Gasteiger partial charge in [-0.25, -0.2) is 0 Å². The normalized spacial score (nSPS) is 9.14. The summed E-state index contributed by atoms with van der Waals surface area (Å²) in [6.07, 6.45) is -4.40. The number of hydrogen-bond donors (Lipinski definition) is 0. The average molecular weight is 409 g/mol. The van der Waals surface area contributed by atoms with Crippen LogP contribution in [-0.4, -0.2) is 16.6 Å². The van der Waals surface area contributed by atoms with Crippen molar-refractivity contribution in [2.24, 2.45) is 7.05 Å². The lowest BCUT2D eigenvalue weighted by Gasteiger charge is -2.01. The van der Waals surface area contributed by atoms with E-state index in [1.807, 2.05) is 89.9 Å². The second-order valence-corrected chi connectivity index (χ2v) is 5.06. The zero-order valence-corrected chi connectivity index (χ0v) is 18.0. The van der Waals surface area contributed by atoms with E-state index < -0.39 is 11.9 Å². The standard InChI is InChI=1S/C12H11F3N2.C6H6.2C2H6.CH2O/c1-8-3-5-9(6-4-8)10-7-11(12(13,14)15)16-17(10)2;1-2-4-6-5-3-1;3*1-2/h3-7H,1-2H3;1-6H;2*1-2H3;1H2. The smallest absolute Gasteiger partial charge is 0.307 e. The van der Waals surface area contributed by atoms with Crippen molar-refractivity contribution in [3.63, 3.8) is 0 Å². The van der Waals surface area contributed by atoms with E-state index >= 15 is 0 Å². The largest absolute Gasteiger partial charge is 0.435 e. The van der Waals surface area contributed by atoms with Crippen LogP contribution in [0, 0.1) is 6.92 Å². The molecule has 3 aromatic rings. The van der Waals surface area contributed by atoms with Crippen molar-refractivity contribution in [1.29, 1.82) is 0 Å². The van der Waals surface area contributed by atoms with Gasteiger partial charge in [0.15, 0.2) is 5.69 Å². The molecule has 0 N–H and O–H groups in total. The first kappa shape index (κ1) is 28.3. The minimum absolute atomic E-state index is 0.456. The molecule has 0 saturated carbocycles. The van der Waals surface area contributed by atoms with Crippen LogP contribution in [0.4, 0.5) is 13.2 Å². The Labute approximate surface area is 172 Å². The minimum atomic E-state index is -4.40. The number of hydrogen-bond acceptors (Lipinski definition) is 2. The maximum atomic E-state index is 12.5. The summed E-state index contributed by atoms with van der Waals surface area (Å²) in [6, 6.07) is 20.3. The number of halogens is 3. The van der Waals surface area contributed by atoms with Crippen molar-refractivity contribution in [2.45, 2.75) is 40.8 Å². The van der Waals surface area contributed by atoms with Crippen molar-refractivity contribution in [3.05, 3.63) is 78.0 Å². The van der Waals surface area contributed by atoms with Crippen LogP contribution in [0.25, 0.3) is 11.3 Å². The van der Waals surface area contributed by atoms with Gasteiger partial charge in [-0.2, -0.15) is 18.3 Å². The Balaban J connectivity index is 0. The molecule has 160 valence electrons. The van der Waals surface area contributed by atoms with Gasteiger partial charge >= 0.3 is 6.18 Å².